The van der Waals surface area contributed by atoms with Crippen molar-refractivity contribution in [2.45, 2.75) is 57.3 Å². The van der Waals surface area contributed by atoms with Crippen LogP contribution in [0, 0.1) is 23.2 Å². The van der Waals surface area contributed by atoms with Gasteiger partial charge in [0.05, 0.1) is 18.2 Å². The minimum absolute atomic E-state index is 0.0260. The minimum Gasteiger partial charge on any atom is -0.487 e. The fourth-order valence-corrected chi connectivity index (χ4v) is 7.84. The standard InChI is InChI=1S/C32H32F3NO4/c1-39-30(38)28(31-15-20-12-21(16-31)14-22(13-20)17-31)36-29(37)26-11-8-23-4-2-3-5-25(23)27(26)40-18-19-6-9-24(10-7-19)32(33,34)35/h2-11,20-22,28H,12-18H2,1H3,(H,36,37)/t20?,21?,22?,28-,31?/m1/s1. The second kappa shape index (κ2) is 10.1. The number of carbonyl (C=O) groups excluding carboxylic acids is 2. The minimum atomic E-state index is -4.42. The number of fused-ring (bicyclic) bond motifs is 1. The molecule has 0 unspecified atom stereocenters. The molecule has 4 aliphatic rings. The van der Waals surface area contributed by atoms with E-state index in [1.165, 1.54) is 38.5 Å². The largest absolute Gasteiger partial charge is 0.487 e. The van der Waals surface area contributed by atoms with Gasteiger partial charge in [-0.3, -0.25) is 4.79 Å². The Morgan fingerprint density at radius 3 is 2.15 bits per heavy atom. The molecule has 40 heavy (non-hydrogen) atoms. The van der Waals surface area contributed by atoms with Crippen molar-refractivity contribution in [2.75, 3.05) is 7.11 Å². The van der Waals surface area contributed by atoms with E-state index in [2.05, 4.69) is 5.32 Å². The molecule has 0 saturated heterocycles. The summed E-state index contributed by atoms with van der Waals surface area (Å²) in [5.41, 5.74) is -0.243. The SMILES string of the molecule is COC(=O)[C@@H](NC(=O)c1ccc2ccccc2c1OCc1ccc(C(F)(F)F)cc1)C12CC3CC(CC(C3)C1)C2. The van der Waals surface area contributed by atoms with E-state index in [0.29, 0.717) is 34.5 Å². The first-order valence-corrected chi connectivity index (χ1v) is 13.8. The average Bonchev–Trinajstić information content (AvgIpc) is 2.93. The van der Waals surface area contributed by atoms with Gasteiger partial charge in [0.25, 0.3) is 5.91 Å². The molecule has 1 atom stereocenters. The Morgan fingerprint density at radius 2 is 1.55 bits per heavy atom. The van der Waals surface area contributed by atoms with Gasteiger partial charge in [-0.2, -0.15) is 13.2 Å². The maximum atomic E-state index is 13.9. The Balaban J connectivity index is 1.30. The lowest BCUT2D eigenvalue weighted by Gasteiger charge is -2.58. The van der Waals surface area contributed by atoms with Crippen LogP contribution in [0.3, 0.4) is 0 Å². The molecule has 0 radical (unpaired) electrons. The van der Waals surface area contributed by atoms with Crippen LogP contribution in [0.25, 0.3) is 10.8 Å². The second-order valence-corrected chi connectivity index (χ2v) is 11.9. The van der Waals surface area contributed by atoms with E-state index >= 15 is 0 Å². The number of nitrogens with one attached hydrogen (secondary N) is 1. The maximum Gasteiger partial charge on any atom is 0.416 e. The number of benzene rings is 3. The van der Waals surface area contributed by atoms with Crippen molar-refractivity contribution in [3.05, 3.63) is 77.4 Å². The summed E-state index contributed by atoms with van der Waals surface area (Å²) >= 11 is 0. The Morgan fingerprint density at radius 1 is 0.925 bits per heavy atom. The molecule has 4 saturated carbocycles. The van der Waals surface area contributed by atoms with Crippen molar-refractivity contribution in [1.29, 1.82) is 0 Å². The van der Waals surface area contributed by atoms with Crippen molar-refractivity contribution in [2.24, 2.45) is 23.2 Å². The molecule has 7 rings (SSSR count). The summed E-state index contributed by atoms with van der Waals surface area (Å²) in [6.45, 7) is -0.0260. The highest BCUT2D eigenvalue weighted by molar-refractivity contribution is 6.05. The van der Waals surface area contributed by atoms with Crippen LogP contribution in [0.5, 0.6) is 5.75 Å². The monoisotopic (exact) mass is 551 g/mol. The lowest BCUT2D eigenvalue weighted by molar-refractivity contribution is -0.154. The van der Waals surface area contributed by atoms with Crippen LogP contribution in [0.2, 0.25) is 0 Å². The van der Waals surface area contributed by atoms with Crippen LogP contribution < -0.4 is 10.1 Å². The predicted octanol–water partition coefficient (Wildman–Crippen LogP) is 6.93. The van der Waals surface area contributed by atoms with Crippen LogP contribution in [0.4, 0.5) is 13.2 Å². The molecule has 0 spiro atoms. The van der Waals surface area contributed by atoms with Crippen molar-refractivity contribution in [3.8, 4) is 5.75 Å². The van der Waals surface area contributed by atoms with Crippen molar-refractivity contribution in [3.63, 3.8) is 0 Å². The lowest BCUT2D eigenvalue weighted by Crippen LogP contribution is -2.60. The smallest absolute Gasteiger partial charge is 0.416 e. The number of ether oxygens (including phenoxy) is 2. The number of carbonyl (C=O) groups is 2. The van der Waals surface area contributed by atoms with Gasteiger partial charge in [0, 0.05) is 10.8 Å². The maximum absolute atomic E-state index is 13.9. The number of hydrogen-bond acceptors (Lipinski definition) is 4. The van der Waals surface area contributed by atoms with E-state index in [0.717, 1.165) is 36.8 Å². The number of methoxy groups -OCH3 is 1. The summed E-state index contributed by atoms with van der Waals surface area (Å²) in [5.74, 6) is 1.21. The van der Waals surface area contributed by atoms with Crippen molar-refractivity contribution >= 4 is 22.6 Å². The normalized spacial score (nSPS) is 25.9. The molecule has 4 fully saturated rings. The highest BCUT2D eigenvalue weighted by atomic mass is 19.4. The van der Waals surface area contributed by atoms with Gasteiger partial charge in [0.1, 0.15) is 18.4 Å². The number of rotatable bonds is 7. The molecule has 0 aliphatic heterocycles. The number of esters is 1. The molecule has 3 aromatic carbocycles. The van der Waals surface area contributed by atoms with E-state index in [1.54, 1.807) is 6.07 Å². The van der Waals surface area contributed by atoms with E-state index in [4.69, 9.17) is 9.47 Å². The molecular weight excluding hydrogens is 519 g/mol. The molecular formula is C32H32F3NO4. The summed E-state index contributed by atoms with van der Waals surface area (Å²) in [6, 6.07) is 15.0. The molecule has 1 amide bonds. The van der Waals surface area contributed by atoms with Crippen LogP contribution in [0.1, 0.15) is 60.0 Å². The second-order valence-electron chi connectivity index (χ2n) is 11.9. The van der Waals surface area contributed by atoms with Crippen molar-refractivity contribution in [1.82, 2.24) is 5.32 Å². The van der Waals surface area contributed by atoms with Gasteiger partial charge < -0.3 is 14.8 Å². The quantitative estimate of drug-likeness (QED) is 0.324. The van der Waals surface area contributed by atoms with Gasteiger partial charge >= 0.3 is 12.1 Å². The summed E-state index contributed by atoms with van der Waals surface area (Å²) < 4.78 is 50.4. The fraction of sp³-hybridized carbons (Fsp3) is 0.438. The molecule has 210 valence electrons. The van der Waals surface area contributed by atoms with Crippen molar-refractivity contribution < 1.29 is 32.2 Å². The Kier molecular flexibility index (Phi) is 6.75. The zero-order valence-electron chi connectivity index (χ0n) is 22.3. The first-order chi connectivity index (χ1) is 19.1. The molecule has 0 heterocycles. The molecule has 4 bridgehead atoms. The van der Waals surface area contributed by atoms with Gasteiger partial charge in [-0.25, -0.2) is 4.79 Å². The van der Waals surface area contributed by atoms with Crippen LogP contribution in [0.15, 0.2) is 60.7 Å². The zero-order valence-corrected chi connectivity index (χ0v) is 22.3. The number of halogens is 3. The van der Waals surface area contributed by atoms with Gasteiger partial charge in [0.2, 0.25) is 0 Å². The third-order valence-corrected chi connectivity index (χ3v) is 9.20. The first-order valence-electron chi connectivity index (χ1n) is 13.8. The highest BCUT2D eigenvalue weighted by Gasteiger charge is 2.56. The number of amides is 1. The Labute approximate surface area is 231 Å². The lowest BCUT2D eigenvalue weighted by atomic mass is 9.47. The van der Waals surface area contributed by atoms with Crippen LogP contribution in [-0.4, -0.2) is 25.0 Å². The van der Waals surface area contributed by atoms with Gasteiger partial charge in [-0.15, -0.1) is 0 Å². The summed E-state index contributed by atoms with van der Waals surface area (Å²) in [6.07, 6.45) is 1.92. The zero-order chi connectivity index (χ0) is 28.1. The average molecular weight is 552 g/mol. The van der Waals surface area contributed by atoms with E-state index < -0.39 is 29.7 Å². The van der Waals surface area contributed by atoms with Crippen LogP contribution >= 0.6 is 0 Å². The van der Waals surface area contributed by atoms with Gasteiger partial charge in [0.15, 0.2) is 0 Å². The molecule has 8 heteroatoms. The van der Waals surface area contributed by atoms with Gasteiger partial charge in [-0.05, 0) is 85.4 Å². The summed E-state index contributed by atoms with van der Waals surface area (Å²) in [5, 5.41) is 4.60. The third kappa shape index (κ3) is 4.93. The Hall–Kier alpha value is -3.55. The van der Waals surface area contributed by atoms with E-state index in [1.807, 2.05) is 30.3 Å². The number of hydrogen-bond donors (Lipinski definition) is 1. The van der Waals surface area contributed by atoms with Gasteiger partial charge in [-0.1, -0.05) is 42.5 Å². The predicted molar refractivity (Wildman–Crippen MR) is 144 cm³/mol. The number of alkyl halides is 3. The fourth-order valence-electron chi connectivity index (χ4n) is 7.84. The highest BCUT2D eigenvalue weighted by Crippen LogP contribution is 2.61. The summed E-state index contributed by atoms with van der Waals surface area (Å²) in [4.78, 5) is 27.0. The molecule has 1 N–H and O–H groups in total. The molecule has 0 aromatic heterocycles. The third-order valence-electron chi connectivity index (χ3n) is 9.20. The van der Waals surface area contributed by atoms with E-state index in [-0.39, 0.29) is 17.6 Å². The Bertz CT molecular complexity index is 1400. The first kappa shape index (κ1) is 26.7. The molecule has 5 nitrogen and oxygen atoms in total. The summed E-state index contributed by atoms with van der Waals surface area (Å²) in [7, 11) is 1.36. The molecule has 4 aliphatic carbocycles. The van der Waals surface area contributed by atoms with Crippen LogP contribution in [-0.2, 0) is 22.3 Å². The van der Waals surface area contributed by atoms with E-state index in [9.17, 15) is 22.8 Å². The topological polar surface area (TPSA) is 64.6 Å². The molecule has 3 aromatic rings.